The van der Waals surface area contributed by atoms with E-state index < -0.39 is 0 Å². The molecule has 0 aliphatic heterocycles. The molecule has 0 radical (unpaired) electrons. The number of nitrogens with zero attached hydrogens (tertiary/aromatic N) is 1. The third-order valence-corrected chi connectivity index (χ3v) is 3.02. The van der Waals surface area contributed by atoms with Crippen LogP contribution < -0.4 is 5.32 Å². The highest BCUT2D eigenvalue weighted by Gasteiger charge is 2.25. The fraction of sp³-hybridized carbons (Fsp3) is 0.417. The third kappa shape index (κ3) is 1.81. The van der Waals surface area contributed by atoms with Crippen molar-refractivity contribution in [2.45, 2.75) is 26.3 Å². The van der Waals surface area contributed by atoms with Gasteiger partial charge in [-0.2, -0.15) is 0 Å². The lowest BCUT2D eigenvalue weighted by atomic mass is 10.1. The Bertz CT molecular complexity index is 531. The van der Waals surface area contributed by atoms with Crippen molar-refractivity contribution in [2.75, 3.05) is 7.05 Å². The van der Waals surface area contributed by atoms with Gasteiger partial charge in [-0.25, -0.2) is 4.98 Å². The van der Waals surface area contributed by atoms with Crippen molar-refractivity contribution in [1.82, 2.24) is 10.3 Å². The standard InChI is InChI=1S/C12H15ClN2O/c1-7-5-8(13)6-9-10(7)16-11(15-9)12(2,3)14-4/h5-6,14H,1-4H3. The molecule has 4 heteroatoms. The smallest absolute Gasteiger partial charge is 0.215 e. The van der Waals surface area contributed by atoms with E-state index in [0.29, 0.717) is 10.9 Å². The number of fused-ring (bicyclic) bond motifs is 1. The number of aryl methyl sites for hydroxylation is 1. The number of hydrogen-bond acceptors (Lipinski definition) is 3. The first-order valence-corrected chi connectivity index (χ1v) is 5.58. The summed E-state index contributed by atoms with van der Waals surface area (Å²) < 4.78 is 5.78. The molecule has 0 spiro atoms. The molecular weight excluding hydrogens is 224 g/mol. The van der Waals surface area contributed by atoms with Crippen molar-refractivity contribution >= 4 is 22.7 Å². The normalized spacial score (nSPS) is 12.3. The minimum absolute atomic E-state index is 0.280. The number of hydrogen-bond donors (Lipinski definition) is 1. The average Bonchev–Trinajstić information content (AvgIpc) is 2.62. The van der Waals surface area contributed by atoms with Crippen LogP contribution in [0.1, 0.15) is 25.3 Å². The molecule has 2 aromatic rings. The minimum Gasteiger partial charge on any atom is -0.438 e. The van der Waals surface area contributed by atoms with Gasteiger partial charge in [0.25, 0.3) is 0 Å². The van der Waals surface area contributed by atoms with E-state index in [2.05, 4.69) is 10.3 Å². The monoisotopic (exact) mass is 238 g/mol. The van der Waals surface area contributed by atoms with Crippen molar-refractivity contribution in [3.8, 4) is 0 Å². The lowest BCUT2D eigenvalue weighted by Gasteiger charge is -2.18. The Morgan fingerprint density at radius 2 is 2.06 bits per heavy atom. The van der Waals surface area contributed by atoms with Gasteiger partial charge in [-0.1, -0.05) is 11.6 Å². The summed E-state index contributed by atoms with van der Waals surface area (Å²) in [5.74, 6) is 0.676. The van der Waals surface area contributed by atoms with Gasteiger partial charge >= 0.3 is 0 Å². The van der Waals surface area contributed by atoms with E-state index in [4.69, 9.17) is 16.0 Å². The van der Waals surface area contributed by atoms with Crippen LogP contribution in [0.4, 0.5) is 0 Å². The predicted molar refractivity (Wildman–Crippen MR) is 65.8 cm³/mol. The lowest BCUT2D eigenvalue weighted by Crippen LogP contribution is -2.33. The molecule has 0 bridgehead atoms. The molecule has 0 unspecified atom stereocenters. The van der Waals surface area contributed by atoms with Crippen molar-refractivity contribution in [3.05, 3.63) is 28.6 Å². The van der Waals surface area contributed by atoms with Gasteiger partial charge in [-0.15, -0.1) is 0 Å². The second-order valence-electron chi connectivity index (χ2n) is 4.46. The molecule has 86 valence electrons. The number of nitrogens with one attached hydrogen (secondary N) is 1. The lowest BCUT2D eigenvalue weighted by molar-refractivity contribution is 0.338. The van der Waals surface area contributed by atoms with Gasteiger partial charge in [0.15, 0.2) is 5.58 Å². The Balaban J connectivity index is 2.65. The maximum absolute atomic E-state index is 5.98. The van der Waals surface area contributed by atoms with Crippen LogP contribution in [-0.4, -0.2) is 12.0 Å². The van der Waals surface area contributed by atoms with Crippen LogP contribution in [0.2, 0.25) is 5.02 Å². The Hall–Kier alpha value is -1.06. The first kappa shape index (κ1) is 11.4. The Labute approximate surface area is 99.8 Å². The SMILES string of the molecule is CNC(C)(C)c1nc2cc(Cl)cc(C)c2o1. The second kappa shape index (κ2) is 3.75. The summed E-state index contributed by atoms with van der Waals surface area (Å²) in [5, 5.41) is 3.85. The van der Waals surface area contributed by atoms with E-state index >= 15 is 0 Å². The molecule has 2 rings (SSSR count). The molecule has 0 fully saturated rings. The molecule has 0 amide bonds. The average molecular weight is 239 g/mol. The van der Waals surface area contributed by atoms with Gasteiger partial charge in [-0.05, 0) is 45.5 Å². The van der Waals surface area contributed by atoms with Crippen LogP contribution in [0.3, 0.4) is 0 Å². The van der Waals surface area contributed by atoms with Crippen LogP contribution in [0.15, 0.2) is 16.5 Å². The molecule has 1 aromatic heterocycles. The topological polar surface area (TPSA) is 38.1 Å². The van der Waals surface area contributed by atoms with Gasteiger partial charge in [0.05, 0.1) is 5.54 Å². The van der Waals surface area contributed by atoms with Crippen molar-refractivity contribution in [2.24, 2.45) is 0 Å². The highest BCUT2D eigenvalue weighted by Crippen LogP contribution is 2.28. The predicted octanol–water partition coefficient (Wildman–Crippen LogP) is 3.24. The van der Waals surface area contributed by atoms with E-state index in [0.717, 1.165) is 16.7 Å². The quantitative estimate of drug-likeness (QED) is 0.873. The first-order valence-electron chi connectivity index (χ1n) is 5.20. The van der Waals surface area contributed by atoms with E-state index in [9.17, 15) is 0 Å². The number of rotatable bonds is 2. The van der Waals surface area contributed by atoms with E-state index in [1.54, 1.807) is 0 Å². The minimum atomic E-state index is -0.280. The number of oxazole rings is 1. The summed E-state index contributed by atoms with van der Waals surface area (Å²) in [6.07, 6.45) is 0. The second-order valence-corrected chi connectivity index (χ2v) is 4.90. The molecule has 1 heterocycles. The largest absolute Gasteiger partial charge is 0.438 e. The number of halogens is 1. The molecular formula is C12H15ClN2O. The zero-order chi connectivity index (χ0) is 11.9. The van der Waals surface area contributed by atoms with Crippen molar-refractivity contribution < 1.29 is 4.42 Å². The third-order valence-electron chi connectivity index (χ3n) is 2.80. The van der Waals surface area contributed by atoms with Crippen LogP contribution in [-0.2, 0) is 5.54 Å². The fourth-order valence-electron chi connectivity index (χ4n) is 1.53. The summed E-state index contributed by atoms with van der Waals surface area (Å²) in [6.45, 7) is 6.01. The zero-order valence-electron chi connectivity index (χ0n) is 9.89. The maximum Gasteiger partial charge on any atom is 0.215 e. The summed E-state index contributed by atoms with van der Waals surface area (Å²) in [4.78, 5) is 4.46. The van der Waals surface area contributed by atoms with Crippen molar-refractivity contribution in [3.63, 3.8) is 0 Å². The molecule has 0 aliphatic rings. The molecule has 0 aliphatic carbocycles. The molecule has 0 saturated carbocycles. The Kier molecular flexibility index (Phi) is 2.68. The van der Waals surface area contributed by atoms with Gasteiger partial charge < -0.3 is 9.73 Å². The van der Waals surface area contributed by atoms with Crippen LogP contribution >= 0.6 is 11.6 Å². The molecule has 1 N–H and O–H groups in total. The van der Waals surface area contributed by atoms with E-state index in [1.165, 1.54) is 0 Å². The summed E-state index contributed by atoms with van der Waals surface area (Å²) in [5.41, 5.74) is 2.34. The number of benzene rings is 1. The van der Waals surface area contributed by atoms with Gasteiger partial charge in [0.2, 0.25) is 5.89 Å². The first-order chi connectivity index (χ1) is 7.44. The molecule has 16 heavy (non-hydrogen) atoms. The highest BCUT2D eigenvalue weighted by atomic mass is 35.5. The maximum atomic E-state index is 5.98. The van der Waals surface area contributed by atoms with Crippen LogP contribution in [0.5, 0.6) is 0 Å². The summed E-state index contributed by atoms with van der Waals surface area (Å²) in [6, 6.07) is 3.70. The van der Waals surface area contributed by atoms with Crippen LogP contribution in [0, 0.1) is 6.92 Å². The van der Waals surface area contributed by atoms with E-state index in [1.807, 2.05) is 40.0 Å². The van der Waals surface area contributed by atoms with Crippen LogP contribution in [0.25, 0.3) is 11.1 Å². The molecule has 0 saturated heterocycles. The zero-order valence-corrected chi connectivity index (χ0v) is 10.6. The van der Waals surface area contributed by atoms with E-state index in [-0.39, 0.29) is 5.54 Å². The Morgan fingerprint density at radius 1 is 1.38 bits per heavy atom. The number of aromatic nitrogens is 1. The van der Waals surface area contributed by atoms with Gasteiger partial charge in [0, 0.05) is 5.02 Å². The molecule has 1 aromatic carbocycles. The fourth-order valence-corrected chi connectivity index (χ4v) is 1.80. The molecule has 3 nitrogen and oxygen atoms in total. The summed E-state index contributed by atoms with van der Waals surface area (Å²) >= 11 is 5.98. The Morgan fingerprint density at radius 3 is 2.69 bits per heavy atom. The van der Waals surface area contributed by atoms with Gasteiger partial charge in [-0.3, -0.25) is 0 Å². The van der Waals surface area contributed by atoms with Gasteiger partial charge in [0.1, 0.15) is 5.52 Å². The van der Waals surface area contributed by atoms with Crippen molar-refractivity contribution in [1.29, 1.82) is 0 Å². The summed E-state index contributed by atoms with van der Waals surface area (Å²) in [7, 11) is 1.88. The molecule has 0 atom stereocenters. The highest BCUT2D eigenvalue weighted by molar-refractivity contribution is 6.31.